The van der Waals surface area contributed by atoms with Crippen LogP contribution in [0.5, 0.6) is 5.75 Å². The summed E-state index contributed by atoms with van der Waals surface area (Å²) in [5.74, 6) is -0.109. The first-order valence-electron chi connectivity index (χ1n) is 8.89. The van der Waals surface area contributed by atoms with E-state index in [1.165, 1.54) is 42.5 Å². The Morgan fingerprint density at radius 2 is 2.10 bits per heavy atom. The molecule has 11 nitrogen and oxygen atoms in total. The second kappa shape index (κ2) is 7.63. The third kappa shape index (κ3) is 3.94. The zero-order chi connectivity index (χ0) is 22.3. The highest BCUT2D eigenvalue weighted by Crippen LogP contribution is 2.29. The molecule has 1 amide bonds. The molecule has 0 fully saturated rings. The SMILES string of the molecule is COc1ccc(NS(=O)(=O)c2c[nH]c(C(=O)N3Cc4nc(N)[nH]c(=O)c4C3)c2)cc1Cl. The van der Waals surface area contributed by atoms with E-state index in [4.69, 9.17) is 22.1 Å². The van der Waals surface area contributed by atoms with E-state index in [1.54, 1.807) is 0 Å². The largest absolute Gasteiger partial charge is 0.495 e. The number of nitrogens with two attached hydrogens (primary N) is 1. The van der Waals surface area contributed by atoms with Gasteiger partial charge < -0.3 is 20.4 Å². The molecule has 162 valence electrons. The zero-order valence-corrected chi connectivity index (χ0v) is 17.7. The fourth-order valence-corrected chi connectivity index (χ4v) is 4.50. The lowest BCUT2D eigenvalue weighted by atomic mass is 10.3. The number of rotatable bonds is 5. The Labute approximate surface area is 181 Å². The molecular formula is C18H17ClN6O5S. The molecule has 4 rings (SSSR count). The number of nitrogen functional groups attached to an aromatic ring is 1. The number of halogens is 1. The number of aromatic amines is 2. The minimum absolute atomic E-state index is 0.0315. The lowest BCUT2D eigenvalue weighted by Crippen LogP contribution is -2.26. The van der Waals surface area contributed by atoms with Crippen LogP contribution in [0.1, 0.15) is 21.7 Å². The number of sulfonamides is 1. The van der Waals surface area contributed by atoms with Gasteiger partial charge in [0.2, 0.25) is 5.95 Å². The molecule has 1 aliphatic heterocycles. The van der Waals surface area contributed by atoms with E-state index in [-0.39, 0.29) is 40.3 Å². The Morgan fingerprint density at radius 1 is 1.32 bits per heavy atom. The Morgan fingerprint density at radius 3 is 2.81 bits per heavy atom. The van der Waals surface area contributed by atoms with Crippen molar-refractivity contribution in [2.75, 3.05) is 17.6 Å². The zero-order valence-electron chi connectivity index (χ0n) is 16.1. The van der Waals surface area contributed by atoms with Crippen molar-refractivity contribution < 1.29 is 17.9 Å². The van der Waals surface area contributed by atoms with Crippen LogP contribution in [0.25, 0.3) is 0 Å². The second-order valence-corrected chi connectivity index (χ2v) is 8.83. The van der Waals surface area contributed by atoms with E-state index in [0.29, 0.717) is 17.0 Å². The van der Waals surface area contributed by atoms with Crippen molar-refractivity contribution in [3.05, 3.63) is 62.8 Å². The predicted molar refractivity (Wildman–Crippen MR) is 112 cm³/mol. The van der Waals surface area contributed by atoms with E-state index in [2.05, 4.69) is 19.7 Å². The standard InChI is InChI=1S/C18H17ClN6O5S/c1-30-15-3-2-9(4-12(15)19)24-31(28,29)10-5-13(21-6-10)17(27)25-7-11-14(8-25)22-18(20)23-16(11)26/h2-6,21,24H,7-8H2,1H3,(H3,20,22,23,26). The molecular weight excluding hydrogens is 448 g/mol. The average molecular weight is 465 g/mol. The van der Waals surface area contributed by atoms with Gasteiger partial charge in [-0.25, -0.2) is 13.4 Å². The summed E-state index contributed by atoms with van der Waals surface area (Å²) >= 11 is 6.03. The van der Waals surface area contributed by atoms with Gasteiger partial charge in [-0.05, 0) is 24.3 Å². The summed E-state index contributed by atoms with van der Waals surface area (Å²) in [4.78, 5) is 35.1. The van der Waals surface area contributed by atoms with E-state index in [9.17, 15) is 18.0 Å². The number of fused-ring (bicyclic) bond motifs is 1. The van der Waals surface area contributed by atoms with Crippen molar-refractivity contribution in [1.29, 1.82) is 0 Å². The second-order valence-electron chi connectivity index (χ2n) is 6.74. The van der Waals surface area contributed by atoms with Crippen molar-refractivity contribution in [3.8, 4) is 5.75 Å². The normalized spacial score (nSPS) is 13.2. The maximum Gasteiger partial charge on any atom is 0.270 e. The lowest BCUT2D eigenvalue weighted by Gasteiger charge is -2.13. The molecule has 5 N–H and O–H groups in total. The number of methoxy groups -OCH3 is 1. The van der Waals surface area contributed by atoms with Crippen LogP contribution in [-0.4, -0.2) is 41.3 Å². The molecule has 0 spiro atoms. The molecule has 1 aromatic carbocycles. The number of nitrogens with zero attached hydrogens (tertiary/aromatic N) is 2. The van der Waals surface area contributed by atoms with E-state index in [0.717, 1.165) is 0 Å². The summed E-state index contributed by atoms with van der Waals surface area (Å²) in [6, 6.07) is 5.65. The molecule has 0 saturated heterocycles. The van der Waals surface area contributed by atoms with Crippen LogP contribution in [0.15, 0.2) is 40.2 Å². The van der Waals surface area contributed by atoms with E-state index >= 15 is 0 Å². The van der Waals surface area contributed by atoms with Gasteiger partial charge in [0.1, 0.15) is 16.3 Å². The molecule has 31 heavy (non-hydrogen) atoms. The van der Waals surface area contributed by atoms with Crippen molar-refractivity contribution >= 4 is 39.2 Å². The number of anilines is 2. The molecule has 3 heterocycles. The number of ether oxygens (including phenoxy) is 1. The summed E-state index contributed by atoms with van der Waals surface area (Å²) in [6.07, 6.45) is 1.20. The summed E-state index contributed by atoms with van der Waals surface area (Å²) in [6.45, 7) is 0.131. The monoisotopic (exact) mass is 464 g/mol. The number of benzene rings is 1. The minimum Gasteiger partial charge on any atom is -0.495 e. The number of carbonyl (C=O) groups is 1. The number of hydrogen-bond donors (Lipinski definition) is 4. The van der Waals surface area contributed by atoms with Crippen LogP contribution < -0.4 is 20.8 Å². The van der Waals surface area contributed by atoms with Gasteiger partial charge in [0.05, 0.1) is 42.2 Å². The van der Waals surface area contributed by atoms with Crippen LogP contribution in [-0.2, 0) is 23.1 Å². The molecule has 13 heteroatoms. The predicted octanol–water partition coefficient (Wildman–Crippen LogP) is 1.30. The highest BCUT2D eigenvalue weighted by Gasteiger charge is 2.29. The third-order valence-corrected chi connectivity index (χ3v) is 6.35. The molecule has 3 aromatic rings. The molecule has 0 saturated carbocycles. The van der Waals surface area contributed by atoms with E-state index < -0.39 is 21.5 Å². The number of amides is 1. The van der Waals surface area contributed by atoms with Crippen molar-refractivity contribution in [2.24, 2.45) is 0 Å². The maximum atomic E-state index is 12.8. The van der Waals surface area contributed by atoms with Gasteiger partial charge in [-0.2, -0.15) is 0 Å². The molecule has 0 aliphatic carbocycles. The number of nitrogens with one attached hydrogen (secondary N) is 3. The van der Waals surface area contributed by atoms with Gasteiger partial charge in [0, 0.05) is 6.20 Å². The van der Waals surface area contributed by atoms with Gasteiger partial charge in [-0.15, -0.1) is 0 Å². The minimum atomic E-state index is -3.99. The number of hydrogen-bond acceptors (Lipinski definition) is 7. The maximum absolute atomic E-state index is 12.8. The first-order valence-corrected chi connectivity index (χ1v) is 10.8. The molecule has 0 radical (unpaired) electrons. The Kier molecular flexibility index (Phi) is 5.11. The van der Waals surface area contributed by atoms with Gasteiger partial charge in [0.25, 0.3) is 21.5 Å². The third-order valence-electron chi connectivity index (χ3n) is 4.70. The van der Waals surface area contributed by atoms with Gasteiger partial charge in [0.15, 0.2) is 0 Å². The van der Waals surface area contributed by atoms with Gasteiger partial charge in [-0.3, -0.25) is 19.3 Å². The molecule has 0 atom stereocenters. The highest BCUT2D eigenvalue weighted by molar-refractivity contribution is 7.92. The Bertz CT molecular complexity index is 1350. The summed E-state index contributed by atoms with van der Waals surface area (Å²) in [7, 11) is -2.54. The topological polar surface area (TPSA) is 163 Å². The van der Waals surface area contributed by atoms with Crippen LogP contribution in [0, 0.1) is 0 Å². The first kappa shape index (κ1) is 20.8. The van der Waals surface area contributed by atoms with Gasteiger partial charge in [-0.1, -0.05) is 11.6 Å². The number of aromatic nitrogens is 3. The lowest BCUT2D eigenvalue weighted by molar-refractivity contribution is 0.0745. The molecule has 1 aliphatic rings. The Hall–Kier alpha value is -3.51. The van der Waals surface area contributed by atoms with Crippen molar-refractivity contribution in [2.45, 2.75) is 18.0 Å². The molecule has 0 bridgehead atoms. The first-order chi connectivity index (χ1) is 14.7. The number of H-pyrrole nitrogens is 2. The number of carbonyl (C=O) groups excluding carboxylic acids is 1. The summed E-state index contributed by atoms with van der Waals surface area (Å²) in [5, 5.41) is 0.241. The van der Waals surface area contributed by atoms with Crippen molar-refractivity contribution in [1.82, 2.24) is 19.9 Å². The summed E-state index contributed by atoms with van der Waals surface area (Å²) < 4.78 is 32.8. The molecule has 0 unspecified atom stereocenters. The smallest absolute Gasteiger partial charge is 0.270 e. The summed E-state index contributed by atoms with van der Waals surface area (Å²) in [5.41, 5.74) is 6.17. The molecule has 2 aromatic heterocycles. The van der Waals surface area contributed by atoms with Crippen LogP contribution in [0.4, 0.5) is 11.6 Å². The highest BCUT2D eigenvalue weighted by atomic mass is 35.5. The van der Waals surface area contributed by atoms with Gasteiger partial charge >= 0.3 is 0 Å². The Balaban J connectivity index is 1.52. The fourth-order valence-electron chi connectivity index (χ4n) is 3.20. The fraction of sp³-hybridized carbons (Fsp3) is 0.167. The quantitative estimate of drug-likeness (QED) is 0.442. The van der Waals surface area contributed by atoms with E-state index in [1.807, 2.05) is 0 Å². The van der Waals surface area contributed by atoms with Crippen LogP contribution >= 0.6 is 11.6 Å². The van der Waals surface area contributed by atoms with Crippen molar-refractivity contribution in [3.63, 3.8) is 0 Å². The van der Waals surface area contributed by atoms with Crippen LogP contribution in [0.2, 0.25) is 5.02 Å². The average Bonchev–Trinajstić information content (AvgIpc) is 3.35. The van der Waals surface area contributed by atoms with Crippen LogP contribution in [0.3, 0.4) is 0 Å².